The van der Waals surface area contributed by atoms with E-state index in [1.165, 1.54) is 0 Å². The molecule has 3 rings (SSSR count). The summed E-state index contributed by atoms with van der Waals surface area (Å²) in [5.74, 6) is 3.09. The Morgan fingerprint density at radius 1 is 1.39 bits per heavy atom. The molecule has 0 bridgehead atoms. The summed E-state index contributed by atoms with van der Waals surface area (Å²) in [6.07, 6.45) is 5.58. The van der Waals surface area contributed by atoms with Crippen molar-refractivity contribution in [3.8, 4) is 0 Å². The molecule has 0 unspecified atom stereocenters. The summed E-state index contributed by atoms with van der Waals surface area (Å²) in [4.78, 5) is 11.1. The van der Waals surface area contributed by atoms with Crippen LogP contribution in [0.15, 0.2) is 18.6 Å². The third-order valence-corrected chi connectivity index (χ3v) is 4.37. The Kier molecular flexibility index (Phi) is 2.91. The van der Waals surface area contributed by atoms with Crippen LogP contribution < -0.4 is 10.2 Å². The van der Waals surface area contributed by atoms with Crippen molar-refractivity contribution >= 4 is 28.1 Å². The average Bonchev–Trinajstić information content (AvgIpc) is 2.86. The molecule has 0 radical (unpaired) electrons. The van der Waals surface area contributed by atoms with Gasteiger partial charge in [-0.05, 0) is 0 Å². The van der Waals surface area contributed by atoms with Crippen LogP contribution in [0.2, 0.25) is 0 Å². The van der Waals surface area contributed by atoms with Gasteiger partial charge in [0.15, 0.2) is 11.5 Å². The van der Waals surface area contributed by atoms with Crippen molar-refractivity contribution in [3.63, 3.8) is 0 Å². The lowest BCUT2D eigenvalue weighted by Gasteiger charge is -2.27. The summed E-state index contributed by atoms with van der Waals surface area (Å²) in [5.41, 5.74) is 0.849. The molecule has 7 heteroatoms. The largest absolute Gasteiger partial charge is 0.372 e. The van der Waals surface area contributed by atoms with E-state index in [1.807, 2.05) is 23.8 Å². The Morgan fingerprint density at radius 3 is 2.89 bits per heavy atom. The highest BCUT2D eigenvalue weighted by Crippen LogP contribution is 2.21. The Bertz CT molecular complexity index is 586. The molecule has 18 heavy (non-hydrogen) atoms. The van der Waals surface area contributed by atoms with Gasteiger partial charge in [-0.2, -0.15) is 0 Å². The molecule has 0 aliphatic carbocycles. The van der Waals surface area contributed by atoms with Gasteiger partial charge in [-0.15, -0.1) is 0 Å². The van der Waals surface area contributed by atoms with E-state index in [1.54, 1.807) is 6.20 Å². The fourth-order valence-electron chi connectivity index (χ4n) is 2.10. The molecular weight excluding hydrogens is 250 g/mol. The quantitative estimate of drug-likeness (QED) is 0.848. The van der Waals surface area contributed by atoms with E-state index in [9.17, 15) is 4.21 Å². The SMILES string of the molecule is CNc1cn2ccnc2c(N2CCS(=O)CC2)n1. The van der Waals surface area contributed by atoms with Crippen LogP contribution in [0.4, 0.5) is 11.6 Å². The average molecular weight is 265 g/mol. The van der Waals surface area contributed by atoms with Crippen molar-refractivity contribution in [2.24, 2.45) is 0 Å². The van der Waals surface area contributed by atoms with Crippen molar-refractivity contribution < 1.29 is 4.21 Å². The molecule has 1 aliphatic rings. The van der Waals surface area contributed by atoms with Gasteiger partial charge >= 0.3 is 0 Å². The Hall–Kier alpha value is -1.63. The van der Waals surface area contributed by atoms with E-state index >= 15 is 0 Å². The first-order chi connectivity index (χ1) is 8.78. The molecule has 6 nitrogen and oxygen atoms in total. The lowest BCUT2D eigenvalue weighted by molar-refractivity contribution is 0.672. The van der Waals surface area contributed by atoms with Gasteiger partial charge in [0.2, 0.25) is 0 Å². The van der Waals surface area contributed by atoms with Crippen LogP contribution in [0, 0.1) is 0 Å². The number of nitrogens with one attached hydrogen (secondary N) is 1. The zero-order valence-corrected chi connectivity index (χ0v) is 11.0. The van der Waals surface area contributed by atoms with Crippen LogP contribution in [0.25, 0.3) is 5.65 Å². The molecule has 0 amide bonds. The van der Waals surface area contributed by atoms with Crippen LogP contribution in [-0.2, 0) is 10.8 Å². The highest BCUT2D eigenvalue weighted by Gasteiger charge is 2.20. The van der Waals surface area contributed by atoms with Gasteiger partial charge in [0.1, 0.15) is 5.82 Å². The number of imidazole rings is 1. The normalized spacial score (nSPS) is 17.3. The molecule has 1 aliphatic heterocycles. The Morgan fingerprint density at radius 2 is 2.17 bits per heavy atom. The van der Waals surface area contributed by atoms with Crippen LogP contribution >= 0.6 is 0 Å². The fraction of sp³-hybridized carbons (Fsp3) is 0.455. The van der Waals surface area contributed by atoms with E-state index in [2.05, 4.69) is 20.2 Å². The number of aromatic nitrogens is 3. The van der Waals surface area contributed by atoms with Crippen LogP contribution in [0.3, 0.4) is 0 Å². The molecule has 1 fully saturated rings. The maximum atomic E-state index is 11.4. The molecule has 96 valence electrons. The Balaban J connectivity index is 2.03. The van der Waals surface area contributed by atoms with Crippen molar-refractivity contribution in [3.05, 3.63) is 18.6 Å². The number of anilines is 2. The molecule has 0 aromatic carbocycles. The van der Waals surface area contributed by atoms with Crippen molar-refractivity contribution in [2.45, 2.75) is 0 Å². The smallest absolute Gasteiger partial charge is 0.180 e. The third kappa shape index (κ3) is 1.94. The van der Waals surface area contributed by atoms with Crippen molar-refractivity contribution in [1.82, 2.24) is 14.4 Å². The minimum Gasteiger partial charge on any atom is -0.372 e. The molecule has 1 saturated heterocycles. The molecule has 0 spiro atoms. The first kappa shape index (κ1) is 11.5. The summed E-state index contributed by atoms with van der Waals surface area (Å²) in [7, 11) is 1.17. The van der Waals surface area contributed by atoms with Crippen LogP contribution in [0.1, 0.15) is 0 Å². The summed E-state index contributed by atoms with van der Waals surface area (Å²) < 4.78 is 13.4. The minimum atomic E-state index is -0.678. The summed E-state index contributed by atoms with van der Waals surface area (Å²) in [6, 6.07) is 0. The van der Waals surface area contributed by atoms with Gasteiger partial charge in [0.05, 0.1) is 6.20 Å². The monoisotopic (exact) mass is 265 g/mol. The second-order valence-electron chi connectivity index (χ2n) is 4.19. The second-order valence-corrected chi connectivity index (χ2v) is 5.89. The van der Waals surface area contributed by atoms with E-state index in [0.717, 1.165) is 30.4 Å². The molecule has 0 saturated carbocycles. The predicted octanol–water partition coefficient (Wildman–Crippen LogP) is 0.340. The van der Waals surface area contributed by atoms with Crippen molar-refractivity contribution in [2.75, 3.05) is 41.9 Å². The first-order valence-electron chi connectivity index (χ1n) is 5.89. The topological polar surface area (TPSA) is 62.5 Å². The van der Waals surface area contributed by atoms with E-state index in [-0.39, 0.29) is 0 Å². The molecule has 0 atom stereocenters. The summed E-state index contributed by atoms with van der Waals surface area (Å²) in [5, 5.41) is 3.05. The highest BCUT2D eigenvalue weighted by molar-refractivity contribution is 7.85. The number of hydrogen-bond donors (Lipinski definition) is 1. The van der Waals surface area contributed by atoms with E-state index in [4.69, 9.17) is 0 Å². The zero-order valence-electron chi connectivity index (χ0n) is 10.2. The maximum absolute atomic E-state index is 11.4. The van der Waals surface area contributed by atoms with Gasteiger partial charge < -0.3 is 14.6 Å². The third-order valence-electron chi connectivity index (χ3n) is 3.09. The van der Waals surface area contributed by atoms with Crippen LogP contribution in [0.5, 0.6) is 0 Å². The predicted molar refractivity (Wildman–Crippen MR) is 72.6 cm³/mol. The number of nitrogens with zero attached hydrogens (tertiary/aromatic N) is 4. The minimum absolute atomic E-state index is 0.678. The number of hydrogen-bond acceptors (Lipinski definition) is 5. The lowest BCUT2D eigenvalue weighted by atomic mass is 10.4. The second kappa shape index (κ2) is 4.56. The van der Waals surface area contributed by atoms with E-state index in [0.29, 0.717) is 11.5 Å². The van der Waals surface area contributed by atoms with E-state index < -0.39 is 10.8 Å². The molecule has 2 aromatic rings. The zero-order chi connectivity index (χ0) is 12.5. The fourth-order valence-corrected chi connectivity index (χ4v) is 3.15. The van der Waals surface area contributed by atoms with Crippen molar-refractivity contribution in [1.29, 1.82) is 0 Å². The number of rotatable bonds is 2. The lowest BCUT2D eigenvalue weighted by Crippen LogP contribution is -2.38. The number of fused-ring (bicyclic) bond motifs is 1. The molecular formula is C11H15N5OS. The Labute approximate surface area is 107 Å². The molecule has 3 heterocycles. The maximum Gasteiger partial charge on any atom is 0.180 e. The summed E-state index contributed by atoms with van der Waals surface area (Å²) in [6.45, 7) is 1.55. The van der Waals surface area contributed by atoms with Gasteiger partial charge in [0.25, 0.3) is 0 Å². The van der Waals surface area contributed by atoms with Gasteiger partial charge in [-0.1, -0.05) is 0 Å². The van der Waals surface area contributed by atoms with Gasteiger partial charge in [-0.25, -0.2) is 9.97 Å². The van der Waals surface area contributed by atoms with Gasteiger partial charge in [-0.3, -0.25) is 4.21 Å². The highest BCUT2D eigenvalue weighted by atomic mass is 32.2. The summed E-state index contributed by atoms with van der Waals surface area (Å²) >= 11 is 0. The van der Waals surface area contributed by atoms with Crippen LogP contribution in [-0.4, -0.2) is 50.2 Å². The van der Waals surface area contributed by atoms with Gasteiger partial charge in [0, 0.05) is 54.8 Å². The molecule has 2 aromatic heterocycles. The first-order valence-corrected chi connectivity index (χ1v) is 7.38. The molecule has 1 N–H and O–H groups in total. The standard InChI is InChI=1S/C11H15N5OS/c1-12-9-8-16-3-2-13-10(16)11(14-9)15-4-6-18(17)7-5-15/h2-3,8,12H,4-7H2,1H3.